The zero-order valence-electron chi connectivity index (χ0n) is 11.9. The Morgan fingerprint density at radius 1 is 1.40 bits per heavy atom. The molecule has 2 heterocycles. The fourth-order valence-electron chi connectivity index (χ4n) is 2.45. The van der Waals surface area contributed by atoms with E-state index in [0.717, 1.165) is 31.1 Å². The van der Waals surface area contributed by atoms with Gasteiger partial charge in [-0.15, -0.1) is 0 Å². The highest BCUT2D eigenvalue weighted by Gasteiger charge is 2.19. The molecular weight excluding hydrogens is 254 g/mol. The zero-order valence-corrected chi connectivity index (χ0v) is 11.9. The van der Waals surface area contributed by atoms with Gasteiger partial charge in [-0.25, -0.2) is 0 Å². The van der Waals surface area contributed by atoms with Gasteiger partial charge in [-0.05, 0) is 26.0 Å². The Labute approximate surface area is 118 Å². The normalized spacial score (nSPS) is 20.2. The zero-order chi connectivity index (χ0) is 13.9. The Kier molecular flexibility index (Phi) is 3.80. The first-order valence-electron chi connectivity index (χ1n) is 6.94. The number of aryl methyl sites for hydroxylation is 1. The van der Waals surface area contributed by atoms with E-state index in [1.807, 2.05) is 18.2 Å². The topological polar surface area (TPSA) is 51.4 Å². The minimum Gasteiger partial charge on any atom is -0.376 e. The van der Waals surface area contributed by atoms with Crippen LogP contribution in [0, 0.1) is 6.92 Å². The van der Waals surface area contributed by atoms with Crippen LogP contribution in [0.1, 0.15) is 18.3 Å². The van der Waals surface area contributed by atoms with Gasteiger partial charge >= 0.3 is 0 Å². The molecule has 0 N–H and O–H groups in total. The lowest BCUT2D eigenvalue weighted by atomic mass is 10.1. The lowest BCUT2D eigenvalue weighted by Gasteiger charge is -2.29. The fraction of sp³-hybridized carbons (Fsp3) is 0.467. The van der Waals surface area contributed by atoms with E-state index in [-0.39, 0.29) is 6.10 Å². The van der Waals surface area contributed by atoms with Gasteiger partial charge in [-0.2, -0.15) is 4.98 Å². The van der Waals surface area contributed by atoms with Gasteiger partial charge in [0, 0.05) is 18.7 Å². The van der Waals surface area contributed by atoms with E-state index in [9.17, 15) is 0 Å². The molecule has 20 heavy (non-hydrogen) atoms. The molecule has 0 unspecified atom stereocenters. The van der Waals surface area contributed by atoms with Crippen molar-refractivity contribution in [3.63, 3.8) is 0 Å². The molecule has 1 aromatic heterocycles. The van der Waals surface area contributed by atoms with E-state index in [0.29, 0.717) is 12.4 Å². The average molecular weight is 273 g/mol. The summed E-state index contributed by atoms with van der Waals surface area (Å²) in [6.07, 6.45) is 0.270. The summed E-state index contributed by atoms with van der Waals surface area (Å²) in [5.74, 6) is 1.32. The summed E-state index contributed by atoms with van der Waals surface area (Å²) < 4.78 is 10.9. The summed E-state index contributed by atoms with van der Waals surface area (Å²) in [7, 11) is 0. The molecule has 5 heteroatoms. The second-order valence-corrected chi connectivity index (χ2v) is 5.30. The number of rotatable bonds is 3. The Balaban J connectivity index is 1.70. The molecule has 1 atom stereocenters. The molecule has 0 amide bonds. The molecule has 1 fully saturated rings. The van der Waals surface area contributed by atoms with Crippen molar-refractivity contribution in [3.05, 3.63) is 35.7 Å². The molecule has 0 bridgehead atoms. The largest absolute Gasteiger partial charge is 0.376 e. The van der Waals surface area contributed by atoms with Gasteiger partial charge in [0.2, 0.25) is 0 Å². The van der Waals surface area contributed by atoms with Crippen LogP contribution < -0.4 is 0 Å². The first-order valence-corrected chi connectivity index (χ1v) is 6.94. The molecule has 1 aliphatic rings. The highest BCUT2D eigenvalue weighted by molar-refractivity contribution is 5.53. The van der Waals surface area contributed by atoms with E-state index in [4.69, 9.17) is 9.26 Å². The third-order valence-electron chi connectivity index (χ3n) is 3.42. The lowest BCUT2D eigenvalue weighted by Crippen LogP contribution is -2.40. The van der Waals surface area contributed by atoms with Crippen molar-refractivity contribution in [1.82, 2.24) is 15.0 Å². The summed E-state index contributed by atoms with van der Waals surface area (Å²) in [6.45, 7) is 7.44. The van der Waals surface area contributed by atoms with Crippen LogP contribution in [0.3, 0.4) is 0 Å². The second-order valence-electron chi connectivity index (χ2n) is 5.30. The van der Waals surface area contributed by atoms with Crippen molar-refractivity contribution in [2.45, 2.75) is 26.5 Å². The maximum atomic E-state index is 5.53. The Bertz CT molecular complexity index is 582. The molecule has 2 aromatic rings. The third-order valence-corrected chi connectivity index (χ3v) is 3.42. The summed E-state index contributed by atoms with van der Waals surface area (Å²) >= 11 is 0. The van der Waals surface area contributed by atoms with Crippen molar-refractivity contribution in [2.24, 2.45) is 0 Å². The van der Waals surface area contributed by atoms with Crippen LogP contribution in [0.2, 0.25) is 0 Å². The number of hydrogen-bond acceptors (Lipinski definition) is 5. The van der Waals surface area contributed by atoms with E-state index < -0.39 is 0 Å². The van der Waals surface area contributed by atoms with Crippen LogP contribution in [-0.4, -0.2) is 40.8 Å². The second kappa shape index (κ2) is 5.73. The molecule has 5 nitrogen and oxygen atoms in total. The molecule has 0 saturated carbocycles. The Morgan fingerprint density at radius 2 is 2.30 bits per heavy atom. The number of morpholine rings is 1. The molecule has 3 rings (SSSR count). The summed E-state index contributed by atoms with van der Waals surface area (Å²) in [5.41, 5.74) is 2.16. The van der Waals surface area contributed by atoms with Gasteiger partial charge in [-0.3, -0.25) is 4.90 Å². The van der Waals surface area contributed by atoms with E-state index >= 15 is 0 Å². The number of aromatic nitrogens is 2. The van der Waals surface area contributed by atoms with Crippen LogP contribution in [0.15, 0.2) is 28.8 Å². The minimum atomic E-state index is 0.270. The average Bonchev–Trinajstić information content (AvgIpc) is 2.87. The lowest BCUT2D eigenvalue weighted by molar-refractivity contribution is -0.0221. The van der Waals surface area contributed by atoms with Crippen LogP contribution >= 0.6 is 0 Å². The van der Waals surface area contributed by atoms with Crippen molar-refractivity contribution in [1.29, 1.82) is 0 Å². The van der Waals surface area contributed by atoms with E-state index in [2.05, 4.69) is 35.0 Å². The fourth-order valence-corrected chi connectivity index (χ4v) is 2.45. The molecule has 1 saturated heterocycles. The van der Waals surface area contributed by atoms with Gasteiger partial charge < -0.3 is 9.26 Å². The van der Waals surface area contributed by atoms with Gasteiger partial charge in [0.25, 0.3) is 5.89 Å². The maximum absolute atomic E-state index is 5.53. The molecule has 106 valence electrons. The summed E-state index contributed by atoms with van der Waals surface area (Å²) in [5, 5.41) is 4.07. The van der Waals surface area contributed by atoms with Crippen LogP contribution in [0.5, 0.6) is 0 Å². The van der Waals surface area contributed by atoms with E-state index in [1.165, 1.54) is 5.56 Å². The van der Waals surface area contributed by atoms with Gasteiger partial charge in [0.05, 0.1) is 19.3 Å². The summed E-state index contributed by atoms with van der Waals surface area (Å²) in [4.78, 5) is 6.77. The molecule has 1 aromatic carbocycles. The monoisotopic (exact) mass is 273 g/mol. The van der Waals surface area contributed by atoms with Gasteiger partial charge in [0.1, 0.15) is 0 Å². The summed E-state index contributed by atoms with van der Waals surface area (Å²) in [6, 6.07) is 8.09. The van der Waals surface area contributed by atoms with Crippen molar-refractivity contribution in [3.8, 4) is 11.5 Å². The SMILES string of the molecule is Cc1cccc(-c2nc(CN3CCO[C@@H](C)C3)no2)c1. The van der Waals surface area contributed by atoms with E-state index in [1.54, 1.807) is 0 Å². The Morgan fingerprint density at radius 3 is 3.10 bits per heavy atom. The van der Waals surface area contributed by atoms with Crippen LogP contribution in [0.25, 0.3) is 11.5 Å². The molecule has 0 aliphatic carbocycles. The number of hydrogen-bond donors (Lipinski definition) is 0. The third kappa shape index (κ3) is 3.05. The van der Waals surface area contributed by atoms with Crippen molar-refractivity contribution < 1.29 is 9.26 Å². The first kappa shape index (κ1) is 13.3. The maximum Gasteiger partial charge on any atom is 0.257 e. The number of nitrogens with zero attached hydrogens (tertiary/aromatic N) is 3. The molecule has 0 spiro atoms. The predicted octanol–water partition coefficient (Wildman–Crippen LogP) is 2.27. The first-order chi connectivity index (χ1) is 9.70. The smallest absolute Gasteiger partial charge is 0.257 e. The molecule has 0 radical (unpaired) electrons. The molecular formula is C15H19N3O2. The highest BCUT2D eigenvalue weighted by atomic mass is 16.5. The predicted molar refractivity (Wildman–Crippen MR) is 75.2 cm³/mol. The number of benzene rings is 1. The van der Waals surface area contributed by atoms with Crippen molar-refractivity contribution >= 4 is 0 Å². The standard InChI is InChI=1S/C15H19N3O2/c1-11-4-3-5-13(8-11)15-16-14(17-20-15)10-18-6-7-19-12(2)9-18/h3-5,8,12H,6-7,9-10H2,1-2H3/t12-/m0/s1. The van der Waals surface area contributed by atoms with Crippen LogP contribution in [0.4, 0.5) is 0 Å². The minimum absolute atomic E-state index is 0.270. The molecule has 1 aliphatic heterocycles. The Hall–Kier alpha value is -1.72. The highest BCUT2D eigenvalue weighted by Crippen LogP contribution is 2.19. The quantitative estimate of drug-likeness (QED) is 0.858. The van der Waals surface area contributed by atoms with Crippen molar-refractivity contribution in [2.75, 3.05) is 19.7 Å². The van der Waals surface area contributed by atoms with Crippen LogP contribution in [-0.2, 0) is 11.3 Å². The number of ether oxygens (including phenoxy) is 1. The van der Waals surface area contributed by atoms with Gasteiger partial charge in [-0.1, -0.05) is 22.9 Å². The van der Waals surface area contributed by atoms with Gasteiger partial charge in [0.15, 0.2) is 5.82 Å².